The molecule has 5 heteroatoms. The number of nitrogens with one attached hydrogen (secondary N) is 1. The number of carbonyl (C=O) groups is 2. The zero-order chi connectivity index (χ0) is 14.1. The Balaban J connectivity index is 2.62. The molecule has 1 amide bonds. The van der Waals surface area contributed by atoms with Gasteiger partial charge < -0.3 is 14.8 Å². The third-order valence-corrected chi connectivity index (χ3v) is 2.58. The van der Waals surface area contributed by atoms with Crippen molar-refractivity contribution in [1.82, 2.24) is 5.32 Å². The van der Waals surface area contributed by atoms with Crippen LogP contribution in [0.15, 0.2) is 30.3 Å². The van der Waals surface area contributed by atoms with Gasteiger partial charge in [0.15, 0.2) is 0 Å². The van der Waals surface area contributed by atoms with Crippen LogP contribution in [0.1, 0.15) is 24.8 Å². The minimum absolute atomic E-state index is 0.152. The SMILES string of the molecule is CCCOC(=O)NCC(C(=O)OC)c1ccccc1. The molecule has 1 rings (SSSR count). The first-order chi connectivity index (χ1) is 9.19. The number of hydrogen-bond donors (Lipinski definition) is 1. The number of hydrogen-bond acceptors (Lipinski definition) is 4. The number of methoxy groups -OCH3 is 1. The Morgan fingerprint density at radius 3 is 2.53 bits per heavy atom. The molecule has 0 aliphatic heterocycles. The first-order valence-electron chi connectivity index (χ1n) is 6.22. The highest BCUT2D eigenvalue weighted by Crippen LogP contribution is 2.16. The predicted octanol–water partition coefficient (Wildman–Crippen LogP) is 2.08. The highest BCUT2D eigenvalue weighted by atomic mass is 16.5. The number of benzene rings is 1. The molecule has 0 heterocycles. The van der Waals surface area contributed by atoms with E-state index in [1.807, 2.05) is 37.3 Å². The molecule has 0 aliphatic carbocycles. The molecular formula is C14H19NO4. The van der Waals surface area contributed by atoms with Gasteiger partial charge in [0, 0.05) is 6.54 Å². The molecule has 1 unspecified atom stereocenters. The van der Waals surface area contributed by atoms with Crippen LogP contribution in [-0.4, -0.2) is 32.3 Å². The van der Waals surface area contributed by atoms with Gasteiger partial charge in [0.05, 0.1) is 19.6 Å². The molecule has 0 aromatic heterocycles. The molecule has 19 heavy (non-hydrogen) atoms. The van der Waals surface area contributed by atoms with Crippen LogP contribution < -0.4 is 5.32 Å². The Kier molecular flexibility index (Phi) is 6.43. The Morgan fingerprint density at radius 1 is 1.26 bits per heavy atom. The number of rotatable bonds is 6. The molecule has 0 spiro atoms. The summed E-state index contributed by atoms with van der Waals surface area (Å²) in [7, 11) is 1.33. The van der Waals surface area contributed by atoms with Crippen molar-refractivity contribution in [2.24, 2.45) is 0 Å². The standard InChI is InChI=1S/C14H19NO4/c1-3-9-19-14(17)15-10-12(13(16)18-2)11-7-5-4-6-8-11/h4-8,12H,3,9-10H2,1-2H3,(H,15,17). The van der Waals surface area contributed by atoms with Crippen LogP contribution in [0.2, 0.25) is 0 Å². The van der Waals surface area contributed by atoms with Gasteiger partial charge in [0.2, 0.25) is 0 Å². The van der Waals surface area contributed by atoms with E-state index in [2.05, 4.69) is 5.32 Å². The van der Waals surface area contributed by atoms with Gasteiger partial charge in [-0.2, -0.15) is 0 Å². The second kappa shape index (κ2) is 8.13. The summed E-state index contributed by atoms with van der Waals surface area (Å²) >= 11 is 0. The van der Waals surface area contributed by atoms with Crippen LogP contribution in [0.4, 0.5) is 4.79 Å². The molecule has 104 valence electrons. The van der Waals surface area contributed by atoms with Crippen LogP contribution in [0.5, 0.6) is 0 Å². The summed E-state index contributed by atoms with van der Waals surface area (Å²) in [6.07, 6.45) is 0.235. The molecule has 0 aliphatic rings. The Morgan fingerprint density at radius 2 is 1.95 bits per heavy atom. The maximum absolute atomic E-state index is 11.7. The van der Waals surface area contributed by atoms with Crippen LogP contribution in [-0.2, 0) is 14.3 Å². The average molecular weight is 265 g/mol. The third-order valence-electron chi connectivity index (χ3n) is 2.58. The van der Waals surface area contributed by atoms with Gasteiger partial charge in [0.1, 0.15) is 0 Å². The van der Waals surface area contributed by atoms with Gasteiger partial charge in [-0.05, 0) is 12.0 Å². The molecule has 0 saturated heterocycles. The molecule has 0 saturated carbocycles. The Labute approximate surface area is 112 Å². The number of alkyl carbamates (subject to hydrolysis) is 1. The van der Waals surface area contributed by atoms with Gasteiger partial charge in [-0.25, -0.2) is 4.79 Å². The normalized spacial score (nSPS) is 11.5. The minimum Gasteiger partial charge on any atom is -0.468 e. The summed E-state index contributed by atoms with van der Waals surface area (Å²) in [4.78, 5) is 23.1. The highest BCUT2D eigenvalue weighted by Gasteiger charge is 2.22. The molecule has 1 N–H and O–H groups in total. The summed E-state index contributed by atoms with van der Waals surface area (Å²) in [6, 6.07) is 9.17. The highest BCUT2D eigenvalue weighted by molar-refractivity contribution is 5.79. The van der Waals surface area contributed by atoms with Crippen LogP contribution in [0.25, 0.3) is 0 Å². The second-order valence-electron chi connectivity index (χ2n) is 4.00. The molecular weight excluding hydrogens is 246 g/mol. The van der Waals surface area contributed by atoms with Crippen molar-refractivity contribution in [1.29, 1.82) is 0 Å². The van der Waals surface area contributed by atoms with E-state index in [-0.39, 0.29) is 12.5 Å². The van der Waals surface area contributed by atoms with Crippen molar-refractivity contribution in [3.63, 3.8) is 0 Å². The quantitative estimate of drug-likeness (QED) is 0.800. The monoisotopic (exact) mass is 265 g/mol. The lowest BCUT2D eigenvalue weighted by Gasteiger charge is -2.15. The molecule has 0 bridgehead atoms. The average Bonchev–Trinajstić information content (AvgIpc) is 2.46. The Hall–Kier alpha value is -2.04. The second-order valence-corrected chi connectivity index (χ2v) is 4.00. The van der Waals surface area contributed by atoms with E-state index in [1.54, 1.807) is 0 Å². The Bertz CT molecular complexity index is 405. The van der Waals surface area contributed by atoms with Crippen LogP contribution in [0.3, 0.4) is 0 Å². The summed E-state index contributed by atoms with van der Waals surface area (Å²) in [5, 5.41) is 2.57. The first kappa shape index (κ1) is 15.0. The van der Waals surface area contributed by atoms with E-state index in [0.717, 1.165) is 12.0 Å². The molecule has 5 nitrogen and oxygen atoms in total. The topological polar surface area (TPSA) is 64.6 Å². The van der Waals surface area contributed by atoms with Crippen molar-refractivity contribution in [3.8, 4) is 0 Å². The molecule has 0 radical (unpaired) electrons. The van der Waals surface area contributed by atoms with Crippen LogP contribution in [0, 0.1) is 0 Å². The minimum atomic E-state index is -0.527. The fourth-order valence-electron chi connectivity index (χ4n) is 1.60. The zero-order valence-electron chi connectivity index (χ0n) is 11.2. The number of ether oxygens (including phenoxy) is 2. The van der Waals surface area contributed by atoms with Gasteiger partial charge >= 0.3 is 12.1 Å². The predicted molar refractivity (Wildman–Crippen MR) is 70.8 cm³/mol. The van der Waals surface area contributed by atoms with Crippen molar-refractivity contribution in [2.75, 3.05) is 20.3 Å². The fraction of sp³-hybridized carbons (Fsp3) is 0.429. The fourth-order valence-corrected chi connectivity index (χ4v) is 1.60. The molecule has 0 fully saturated rings. The largest absolute Gasteiger partial charge is 0.468 e. The number of amides is 1. The smallest absolute Gasteiger partial charge is 0.407 e. The van der Waals surface area contributed by atoms with Gasteiger partial charge in [-0.3, -0.25) is 4.79 Å². The lowest BCUT2D eigenvalue weighted by Crippen LogP contribution is -2.32. The van der Waals surface area contributed by atoms with E-state index in [0.29, 0.717) is 6.61 Å². The van der Waals surface area contributed by atoms with Crippen molar-refractivity contribution >= 4 is 12.1 Å². The summed E-state index contributed by atoms with van der Waals surface area (Å²) < 4.78 is 9.64. The summed E-state index contributed by atoms with van der Waals surface area (Å²) in [5.74, 6) is -0.914. The molecule has 1 atom stereocenters. The van der Waals surface area contributed by atoms with Crippen LogP contribution >= 0.6 is 0 Å². The van der Waals surface area contributed by atoms with Gasteiger partial charge in [-0.15, -0.1) is 0 Å². The lowest BCUT2D eigenvalue weighted by atomic mass is 9.99. The van der Waals surface area contributed by atoms with E-state index < -0.39 is 12.0 Å². The first-order valence-corrected chi connectivity index (χ1v) is 6.22. The van der Waals surface area contributed by atoms with Crippen molar-refractivity contribution < 1.29 is 19.1 Å². The third kappa shape index (κ3) is 4.99. The maximum Gasteiger partial charge on any atom is 0.407 e. The van der Waals surface area contributed by atoms with Crippen molar-refractivity contribution in [2.45, 2.75) is 19.3 Å². The summed E-state index contributed by atoms with van der Waals surface area (Å²) in [6.45, 7) is 2.42. The van der Waals surface area contributed by atoms with E-state index in [4.69, 9.17) is 9.47 Å². The molecule has 1 aromatic carbocycles. The number of carbonyl (C=O) groups excluding carboxylic acids is 2. The maximum atomic E-state index is 11.7. The van der Waals surface area contributed by atoms with E-state index in [9.17, 15) is 9.59 Å². The zero-order valence-corrected chi connectivity index (χ0v) is 11.2. The number of esters is 1. The van der Waals surface area contributed by atoms with E-state index >= 15 is 0 Å². The van der Waals surface area contributed by atoms with Crippen molar-refractivity contribution in [3.05, 3.63) is 35.9 Å². The molecule has 1 aromatic rings. The van der Waals surface area contributed by atoms with Gasteiger partial charge in [0.25, 0.3) is 0 Å². The summed E-state index contributed by atoms with van der Waals surface area (Å²) in [5.41, 5.74) is 0.796. The van der Waals surface area contributed by atoms with Gasteiger partial charge in [-0.1, -0.05) is 37.3 Å². The van der Waals surface area contributed by atoms with E-state index in [1.165, 1.54) is 7.11 Å². The lowest BCUT2D eigenvalue weighted by molar-refractivity contribution is -0.142.